The topological polar surface area (TPSA) is 149 Å². The maximum Gasteiger partial charge on any atom is 0.264 e. The van der Waals surface area contributed by atoms with E-state index in [9.17, 15) is 19.2 Å². The highest BCUT2D eigenvalue weighted by Gasteiger charge is 2.45. The average Bonchev–Trinajstić information content (AvgIpc) is 3.29. The summed E-state index contributed by atoms with van der Waals surface area (Å²) in [5.74, 6) is 0.0504. The number of carbonyl (C=O) groups is 4. The molecule has 1 unspecified atom stereocenters. The average molecular weight is 585 g/mol. The molecule has 13 nitrogen and oxygen atoms in total. The number of benzene rings is 2. The second-order valence-corrected chi connectivity index (χ2v) is 10.4. The minimum Gasteiger partial charge on any atom is -0.497 e. The van der Waals surface area contributed by atoms with Gasteiger partial charge in [-0.2, -0.15) is 4.98 Å². The normalized spacial score (nSPS) is 18.4. The first-order chi connectivity index (χ1) is 20.9. The first-order valence-corrected chi connectivity index (χ1v) is 14.2. The quantitative estimate of drug-likeness (QED) is 0.249. The van der Waals surface area contributed by atoms with Crippen LogP contribution in [0, 0.1) is 0 Å². The molecule has 2 saturated heterocycles. The summed E-state index contributed by atoms with van der Waals surface area (Å²) < 4.78 is 5.36. The van der Waals surface area contributed by atoms with Gasteiger partial charge < -0.3 is 25.2 Å². The predicted octanol–water partition coefficient (Wildman–Crippen LogP) is 1.74. The molecule has 0 saturated carbocycles. The van der Waals surface area contributed by atoms with Crippen LogP contribution in [0.1, 0.15) is 33.6 Å². The molecule has 0 spiro atoms. The van der Waals surface area contributed by atoms with Gasteiger partial charge in [0.05, 0.1) is 18.2 Å². The number of piperazine rings is 1. The van der Waals surface area contributed by atoms with Gasteiger partial charge in [-0.15, -0.1) is 0 Å². The van der Waals surface area contributed by atoms with Crippen molar-refractivity contribution in [2.24, 2.45) is 0 Å². The summed E-state index contributed by atoms with van der Waals surface area (Å²) in [4.78, 5) is 64.8. The zero-order valence-corrected chi connectivity index (χ0v) is 23.7. The first-order valence-electron chi connectivity index (χ1n) is 14.2. The number of carbonyl (C=O) groups excluding carboxylic acids is 4. The van der Waals surface area contributed by atoms with Crippen LogP contribution in [0.2, 0.25) is 0 Å². The number of hydrogen-bond donors (Lipinski definition) is 3. The number of aromatic nitrogens is 2. The maximum absolute atomic E-state index is 13.3. The third kappa shape index (κ3) is 5.65. The molecule has 1 atom stereocenters. The molecule has 2 fully saturated rings. The largest absolute Gasteiger partial charge is 0.497 e. The van der Waals surface area contributed by atoms with Crippen LogP contribution in [0.5, 0.6) is 5.75 Å². The lowest BCUT2D eigenvalue weighted by Gasteiger charge is -2.36. The van der Waals surface area contributed by atoms with Crippen LogP contribution in [0.4, 0.5) is 23.1 Å². The fourth-order valence-electron chi connectivity index (χ4n) is 5.62. The number of fused-ring (bicyclic) bond motifs is 1. The van der Waals surface area contributed by atoms with E-state index in [1.165, 1.54) is 0 Å². The molecule has 3 N–H and O–H groups in total. The van der Waals surface area contributed by atoms with E-state index in [0.29, 0.717) is 30.5 Å². The number of hydrogen-bond acceptors (Lipinski definition) is 11. The Morgan fingerprint density at radius 3 is 2.49 bits per heavy atom. The Labute approximate surface area is 248 Å². The van der Waals surface area contributed by atoms with Crippen LogP contribution in [-0.4, -0.2) is 90.9 Å². The Kier molecular flexibility index (Phi) is 7.77. The van der Waals surface area contributed by atoms with Crippen LogP contribution in [0.15, 0.2) is 54.7 Å². The van der Waals surface area contributed by atoms with Crippen LogP contribution < -0.4 is 30.5 Å². The molecular weight excluding hydrogens is 552 g/mol. The van der Waals surface area contributed by atoms with Gasteiger partial charge in [-0.1, -0.05) is 12.1 Å². The molecule has 0 aliphatic carbocycles. The molecule has 0 radical (unpaired) electrons. The predicted molar refractivity (Wildman–Crippen MR) is 160 cm³/mol. The molecule has 3 aliphatic heterocycles. The van der Waals surface area contributed by atoms with E-state index >= 15 is 0 Å². The third-order valence-electron chi connectivity index (χ3n) is 7.84. The first kappa shape index (κ1) is 27.9. The molecule has 222 valence electrons. The number of nitrogens with one attached hydrogen (secondary N) is 3. The van der Waals surface area contributed by atoms with E-state index in [0.717, 1.165) is 42.5 Å². The van der Waals surface area contributed by atoms with Crippen molar-refractivity contribution >= 4 is 46.8 Å². The number of methoxy groups -OCH3 is 1. The van der Waals surface area contributed by atoms with E-state index in [-0.39, 0.29) is 24.0 Å². The second kappa shape index (κ2) is 12.0. The van der Waals surface area contributed by atoms with Gasteiger partial charge in [0.25, 0.3) is 11.8 Å². The van der Waals surface area contributed by atoms with Crippen LogP contribution in [-0.2, 0) is 9.59 Å². The summed E-state index contributed by atoms with van der Waals surface area (Å²) >= 11 is 0. The highest BCUT2D eigenvalue weighted by molar-refractivity contribution is 6.25. The van der Waals surface area contributed by atoms with Crippen molar-refractivity contribution in [3.05, 3.63) is 65.9 Å². The molecule has 3 aromatic rings. The third-order valence-corrected chi connectivity index (χ3v) is 7.84. The van der Waals surface area contributed by atoms with Crippen molar-refractivity contribution in [1.29, 1.82) is 0 Å². The summed E-state index contributed by atoms with van der Waals surface area (Å²) in [7, 11) is 1.67. The van der Waals surface area contributed by atoms with Crippen molar-refractivity contribution in [2.45, 2.75) is 18.9 Å². The van der Waals surface area contributed by atoms with Gasteiger partial charge in [-0.3, -0.25) is 29.4 Å². The molecule has 43 heavy (non-hydrogen) atoms. The Morgan fingerprint density at radius 1 is 0.930 bits per heavy atom. The van der Waals surface area contributed by atoms with Gasteiger partial charge in [0.2, 0.25) is 17.8 Å². The van der Waals surface area contributed by atoms with Crippen molar-refractivity contribution < 1.29 is 23.9 Å². The molecular formula is C30H32N8O5. The molecule has 4 amide bonds. The van der Waals surface area contributed by atoms with Gasteiger partial charge in [-0.05, 0) is 36.8 Å². The summed E-state index contributed by atoms with van der Waals surface area (Å²) in [6.07, 6.45) is 1.91. The van der Waals surface area contributed by atoms with Gasteiger partial charge in [0, 0.05) is 69.3 Å². The van der Waals surface area contributed by atoms with Crippen molar-refractivity contribution in [2.75, 3.05) is 66.8 Å². The zero-order valence-electron chi connectivity index (χ0n) is 23.7. The van der Waals surface area contributed by atoms with Crippen molar-refractivity contribution in [3.8, 4) is 5.75 Å². The minimum absolute atomic E-state index is 0.0743. The number of rotatable bonds is 9. The number of imide groups is 2. The monoisotopic (exact) mass is 584 g/mol. The molecule has 0 bridgehead atoms. The second-order valence-electron chi connectivity index (χ2n) is 10.4. The molecule has 4 heterocycles. The number of anilines is 4. The van der Waals surface area contributed by atoms with Crippen LogP contribution in [0.3, 0.4) is 0 Å². The van der Waals surface area contributed by atoms with Crippen molar-refractivity contribution in [1.82, 2.24) is 20.2 Å². The van der Waals surface area contributed by atoms with Gasteiger partial charge in [0.15, 0.2) is 0 Å². The van der Waals surface area contributed by atoms with Crippen molar-refractivity contribution in [3.63, 3.8) is 0 Å². The van der Waals surface area contributed by atoms with E-state index < -0.39 is 29.7 Å². The van der Waals surface area contributed by atoms with E-state index in [4.69, 9.17) is 9.72 Å². The standard InChI is InChI=1S/C30H32N8O5/c1-43-20-5-2-4-19(18-20)36-14-16-37(17-15-36)30-33-11-10-24(34-30)32-13-12-31-22-7-3-6-21-26(22)29(42)38(28(21)41)23-8-9-25(39)35-27(23)40/h2-7,10-11,18,23,31H,8-9,12-17H2,1H3,(H,32,33,34)(H,35,39,40). The van der Waals surface area contributed by atoms with Gasteiger partial charge in [0.1, 0.15) is 17.6 Å². The summed E-state index contributed by atoms with van der Waals surface area (Å²) in [5.41, 5.74) is 2.10. The minimum atomic E-state index is -1.00. The van der Waals surface area contributed by atoms with Crippen LogP contribution >= 0.6 is 0 Å². The SMILES string of the molecule is COc1cccc(N2CCN(c3nccc(NCCNc4cccc5c4C(=O)N(C4CCC(=O)NC4=O)C5=O)n3)CC2)c1. The Bertz CT molecular complexity index is 1570. The number of piperidine rings is 1. The van der Waals surface area contributed by atoms with Gasteiger partial charge >= 0.3 is 0 Å². The Balaban J connectivity index is 1.03. The van der Waals surface area contributed by atoms with E-state index in [1.807, 2.05) is 18.2 Å². The maximum atomic E-state index is 13.3. The summed E-state index contributed by atoms with van der Waals surface area (Å²) in [6.45, 7) is 4.16. The van der Waals surface area contributed by atoms with Crippen LogP contribution in [0.25, 0.3) is 0 Å². The number of amides is 4. The zero-order chi connectivity index (χ0) is 29.9. The number of ether oxygens (including phenoxy) is 1. The lowest BCUT2D eigenvalue weighted by atomic mass is 10.0. The molecule has 6 rings (SSSR count). The lowest BCUT2D eigenvalue weighted by molar-refractivity contribution is -0.136. The Morgan fingerprint density at radius 2 is 1.70 bits per heavy atom. The molecule has 13 heteroatoms. The summed E-state index contributed by atoms with van der Waals surface area (Å²) in [5, 5.41) is 8.73. The lowest BCUT2D eigenvalue weighted by Crippen LogP contribution is -2.54. The highest BCUT2D eigenvalue weighted by Crippen LogP contribution is 2.32. The summed E-state index contributed by atoms with van der Waals surface area (Å²) in [6, 6.07) is 13.8. The highest BCUT2D eigenvalue weighted by atomic mass is 16.5. The Hall–Kier alpha value is -5.20. The van der Waals surface area contributed by atoms with E-state index in [2.05, 4.69) is 36.8 Å². The van der Waals surface area contributed by atoms with Gasteiger partial charge in [-0.25, -0.2) is 4.98 Å². The molecule has 1 aromatic heterocycles. The fraction of sp³-hybridized carbons (Fsp3) is 0.333. The molecule has 3 aliphatic rings. The smallest absolute Gasteiger partial charge is 0.264 e. The van der Waals surface area contributed by atoms with E-state index in [1.54, 1.807) is 37.6 Å². The fourth-order valence-corrected chi connectivity index (χ4v) is 5.62. The number of nitrogens with zero attached hydrogens (tertiary/aromatic N) is 5. The molecule has 2 aromatic carbocycles.